The van der Waals surface area contributed by atoms with Gasteiger partial charge < -0.3 is 10.6 Å². The van der Waals surface area contributed by atoms with Crippen LogP contribution in [0.4, 0.5) is 24.7 Å². The summed E-state index contributed by atoms with van der Waals surface area (Å²) in [7, 11) is 0. The van der Waals surface area contributed by atoms with E-state index in [9.17, 15) is 18.0 Å². The Kier molecular flexibility index (Phi) is 6.00. The van der Waals surface area contributed by atoms with Crippen LogP contribution < -0.4 is 10.6 Å². The fraction of sp³-hybridized carbons (Fsp3) is 0.429. The maximum Gasteiger partial charge on any atom is 0.453 e. The molecule has 1 aromatic carbocycles. The highest BCUT2D eigenvalue weighted by Crippen LogP contribution is 2.30. The van der Waals surface area contributed by atoms with Gasteiger partial charge in [0.15, 0.2) is 11.5 Å². The van der Waals surface area contributed by atoms with E-state index >= 15 is 0 Å². The van der Waals surface area contributed by atoms with E-state index in [1.54, 1.807) is 13.8 Å². The number of aryl methyl sites for hydroxylation is 1. The van der Waals surface area contributed by atoms with Gasteiger partial charge in [-0.2, -0.15) is 17.7 Å². The number of nitrogens with zero attached hydrogens (tertiary/aromatic N) is 5. The van der Waals surface area contributed by atoms with Crippen LogP contribution in [-0.4, -0.2) is 56.3 Å². The van der Waals surface area contributed by atoms with Crippen LogP contribution in [0, 0.1) is 13.8 Å². The van der Waals surface area contributed by atoms with Crippen molar-refractivity contribution >= 4 is 23.1 Å². The van der Waals surface area contributed by atoms with Gasteiger partial charge in [0.25, 0.3) is 5.82 Å². The fourth-order valence-electron chi connectivity index (χ4n) is 3.80. The van der Waals surface area contributed by atoms with Crippen LogP contribution in [0.3, 0.4) is 0 Å². The zero-order valence-electron chi connectivity index (χ0n) is 17.8. The molecule has 1 fully saturated rings. The SMILES string of the molecule is Cc1c(NC2CCN(CC(=O)Nc3ccccc3)CC2)nn2c(C(F)(F)F)nnc2c1C. The van der Waals surface area contributed by atoms with E-state index in [0.29, 0.717) is 31.0 Å². The van der Waals surface area contributed by atoms with E-state index in [4.69, 9.17) is 0 Å². The number of hydrogen-bond donors (Lipinski definition) is 2. The number of aromatic nitrogens is 4. The minimum atomic E-state index is -4.64. The quantitative estimate of drug-likeness (QED) is 0.624. The molecule has 0 bridgehead atoms. The average molecular weight is 447 g/mol. The summed E-state index contributed by atoms with van der Waals surface area (Å²) in [6.07, 6.45) is -3.16. The third-order valence-corrected chi connectivity index (χ3v) is 5.70. The second-order valence-electron chi connectivity index (χ2n) is 7.96. The number of para-hydroxylation sites is 1. The van der Waals surface area contributed by atoms with Crippen LogP contribution in [0.15, 0.2) is 30.3 Å². The number of benzene rings is 1. The Bertz CT molecular complexity index is 1110. The second-order valence-corrected chi connectivity index (χ2v) is 7.96. The molecule has 170 valence electrons. The van der Waals surface area contributed by atoms with Gasteiger partial charge in [-0.3, -0.25) is 9.69 Å². The number of rotatable bonds is 5. The summed E-state index contributed by atoms with van der Waals surface area (Å²) in [5, 5.41) is 17.2. The average Bonchev–Trinajstić information content (AvgIpc) is 3.18. The summed E-state index contributed by atoms with van der Waals surface area (Å²) >= 11 is 0. The van der Waals surface area contributed by atoms with Gasteiger partial charge in [-0.05, 0) is 44.4 Å². The highest BCUT2D eigenvalue weighted by atomic mass is 19.4. The number of nitrogens with one attached hydrogen (secondary N) is 2. The maximum atomic E-state index is 13.2. The molecule has 1 aliphatic rings. The lowest BCUT2D eigenvalue weighted by Crippen LogP contribution is -2.42. The first-order chi connectivity index (χ1) is 15.2. The molecule has 3 aromatic rings. The molecule has 32 heavy (non-hydrogen) atoms. The molecule has 1 amide bonds. The van der Waals surface area contributed by atoms with E-state index < -0.39 is 12.0 Å². The summed E-state index contributed by atoms with van der Waals surface area (Å²) < 4.78 is 40.5. The van der Waals surface area contributed by atoms with Crippen molar-refractivity contribution in [2.75, 3.05) is 30.3 Å². The topological polar surface area (TPSA) is 87.5 Å². The first-order valence-electron chi connectivity index (χ1n) is 10.4. The van der Waals surface area contributed by atoms with Crippen molar-refractivity contribution in [2.24, 2.45) is 0 Å². The van der Waals surface area contributed by atoms with Gasteiger partial charge in [-0.15, -0.1) is 15.3 Å². The van der Waals surface area contributed by atoms with E-state index in [2.05, 4.69) is 30.8 Å². The summed E-state index contributed by atoms with van der Waals surface area (Å²) in [5.74, 6) is -0.827. The Morgan fingerprint density at radius 1 is 1.09 bits per heavy atom. The van der Waals surface area contributed by atoms with E-state index in [-0.39, 0.29) is 17.6 Å². The van der Waals surface area contributed by atoms with Crippen molar-refractivity contribution in [3.8, 4) is 0 Å². The van der Waals surface area contributed by atoms with Crippen LogP contribution in [-0.2, 0) is 11.0 Å². The zero-order chi connectivity index (χ0) is 22.9. The molecule has 0 radical (unpaired) electrons. The molecule has 8 nitrogen and oxygen atoms in total. The first-order valence-corrected chi connectivity index (χ1v) is 10.4. The molecule has 0 atom stereocenters. The number of alkyl halides is 3. The van der Waals surface area contributed by atoms with Crippen molar-refractivity contribution in [1.29, 1.82) is 0 Å². The summed E-state index contributed by atoms with van der Waals surface area (Å²) in [6.45, 7) is 5.19. The summed E-state index contributed by atoms with van der Waals surface area (Å²) in [6, 6.07) is 9.32. The van der Waals surface area contributed by atoms with E-state index in [1.165, 1.54) is 0 Å². The lowest BCUT2D eigenvalue weighted by atomic mass is 10.0. The molecule has 1 saturated heterocycles. The molecule has 2 N–H and O–H groups in total. The smallest absolute Gasteiger partial charge is 0.366 e. The van der Waals surface area contributed by atoms with Crippen LogP contribution in [0.2, 0.25) is 0 Å². The van der Waals surface area contributed by atoms with Gasteiger partial charge in [0.1, 0.15) is 0 Å². The number of anilines is 2. The zero-order valence-corrected chi connectivity index (χ0v) is 17.8. The Morgan fingerprint density at radius 2 is 1.78 bits per heavy atom. The molecule has 3 heterocycles. The van der Waals surface area contributed by atoms with Gasteiger partial charge in [0.05, 0.1) is 6.54 Å². The number of piperidine rings is 1. The number of likely N-dealkylation sites (tertiary alicyclic amines) is 1. The molecular formula is C21H24F3N7O. The number of halogens is 3. The molecule has 11 heteroatoms. The van der Waals surface area contributed by atoms with Crippen molar-refractivity contribution < 1.29 is 18.0 Å². The lowest BCUT2D eigenvalue weighted by Gasteiger charge is -2.32. The van der Waals surface area contributed by atoms with Gasteiger partial charge in [0, 0.05) is 30.4 Å². The number of carbonyl (C=O) groups is 1. The van der Waals surface area contributed by atoms with Crippen molar-refractivity contribution in [1.82, 2.24) is 24.7 Å². The highest BCUT2D eigenvalue weighted by molar-refractivity contribution is 5.92. The Labute approximate surface area is 182 Å². The minimum absolute atomic E-state index is 0.0392. The Balaban J connectivity index is 1.38. The molecule has 0 aliphatic carbocycles. The first kappa shape index (κ1) is 22.0. The largest absolute Gasteiger partial charge is 0.453 e. The fourth-order valence-corrected chi connectivity index (χ4v) is 3.80. The van der Waals surface area contributed by atoms with Gasteiger partial charge in [0.2, 0.25) is 5.91 Å². The lowest BCUT2D eigenvalue weighted by molar-refractivity contribution is -0.146. The van der Waals surface area contributed by atoms with Gasteiger partial charge in [-0.25, -0.2) is 0 Å². The third kappa shape index (κ3) is 4.67. The van der Waals surface area contributed by atoms with Crippen LogP contribution in [0.1, 0.15) is 29.8 Å². The van der Waals surface area contributed by atoms with E-state index in [1.807, 2.05) is 30.3 Å². The number of amides is 1. The number of fused-ring (bicyclic) bond motifs is 1. The van der Waals surface area contributed by atoms with Crippen molar-refractivity contribution in [3.05, 3.63) is 47.3 Å². The molecular weight excluding hydrogens is 423 g/mol. The van der Waals surface area contributed by atoms with E-state index in [0.717, 1.165) is 28.6 Å². The molecule has 1 aliphatic heterocycles. The van der Waals surface area contributed by atoms with Crippen LogP contribution in [0.25, 0.3) is 5.65 Å². The minimum Gasteiger partial charge on any atom is -0.366 e. The number of hydrogen-bond acceptors (Lipinski definition) is 6. The Hall–Kier alpha value is -3.21. The normalized spacial score (nSPS) is 15.8. The predicted octanol–water partition coefficient (Wildman–Crippen LogP) is 3.27. The summed E-state index contributed by atoms with van der Waals surface area (Å²) in [5.41, 5.74) is 2.19. The van der Waals surface area contributed by atoms with Crippen molar-refractivity contribution in [2.45, 2.75) is 38.9 Å². The molecule has 0 spiro atoms. The number of carbonyl (C=O) groups excluding carboxylic acids is 1. The highest BCUT2D eigenvalue weighted by Gasteiger charge is 2.38. The van der Waals surface area contributed by atoms with Crippen LogP contribution >= 0.6 is 0 Å². The monoisotopic (exact) mass is 447 g/mol. The van der Waals surface area contributed by atoms with Crippen LogP contribution in [0.5, 0.6) is 0 Å². The summed E-state index contributed by atoms with van der Waals surface area (Å²) in [4.78, 5) is 14.3. The second kappa shape index (κ2) is 8.73. The van der Waals surface area contributed by atoms with Crippen molar-refractivity contribution in [3.63, 3.8) is 0 Å². The molecule has 0 saturated carbocycles. The third-order valence-electron chi connectivity index (χ3n) is 5.70. The standard InChI is InChI=1S/C21H24F3N7O/c1-13-14(2)19-27-28-20(21(22,23)24)31(19)29-18(13)26-16-8-10-30(11-9-16)12-17(32)25-15-6-4-3-5-7-15/h3-7,16H,8-12H2,1-2H3,(H,25,32)(H,26,29). The van der Waals surface area contributed by atoms with Gasteiger partial charge >= 0.3 is 6.18 Å². The predicted molar refractivity (Wildman–Crippen MR) is 113 cm³/mol. The molecule has 2 aromatic heterocycles. The Morgan fingerprint density at radius 3 is 2.44 bits per heavy atom. The van der Waals surface area contributed by atoms with Gasteiger partial charge in [-0.1, -0.05) is 18.2 Å². The molecule has 0 unspecified atom stereocenters. The maximum absolute atomic E-state index is 13.2. The molecule has 4 rings (SSSR count).